The van der Waals surface area contributed by atoms with Crippen LogP contribution in [0.15, 0.2) is 17.1 Å². The van der Waals surface area contributed by atoms with Gasteiger partial charge in [-0.05, 0) is 37.0 Å². The molecular formula is C9H9N3OS. The van der Waals surface area contributed by atoms with Crippen molar-refractivity contribution in [2.24, 2.45) is 0 Å². The zero-order valence-corrected chi connectivity index (χ0v) is 8.68. The third-order valence-electron chi connectivity index (χ3n) is 2.20. The Morgan fingerprint density at radius 2 is 2.14 bits per heavy atom. The van der Waals surface area contributed by atoms with E-state index < -0.39 is 0 Å². The van der Waals surface area contributed by atoms with Crippen molar-refractivity contribution in [1.82, 2.24) is 14.6 Å². The van der Waals surface area contributed by atoms with Gasteiger partial charge < -0.3 is 0 Å². The highest BCUT2D eigenvalue weighted by Gasteiger charge is 2.09. The van der Waals surface area contributed by atoms with E-state index in [9.17, 15) is 4.79 Å². The molecule has 0 saturated carbocycles. The van der Waals surface area contributed by atoms with Gasteiger partial charge in [-0.3, -0.25) is 4.79 Å². The fourth-order valence-corrected chi connectivity index (χ4v) is 1.84. The van der Waals surface area contributed by atoms with Gasteiger partial charge in [-0.1, -0.05) is 0 Å². The largest absolute Gasteiger partial charge is 0.268 e. The molecule has 2 heterocycles. The number of aromatic nitrogens is 3. The molecule has 2 rings (SSSR count). The van der Waals surface area contributed by atoms with Gasteiger partial charge in [0.15, 0.2) is 0 Å². The molecule has 2 aromatic rings. The number of hydrogen-bond donors (Lipinski definition) is 1. The van der Waals surface area contributed by atoms with Crippen molar-refractivity contribution in [2.75, 3.05) is 0 Å². The zero-order valence-electron chi connectivity index (χ0n) is 7.87. The number of rotatable bonds is 1. The van der Waals surface area contributed by atoms with Crippen LogP contribution in [0.5, 0.6) is 0 Å². The highest BCUT2D eigenvalue weighted by atomic mass is 32.1. The molecule has 0 aliphatic heterocycles. The van der Waals surface area contributed by atoms with Crippen LogP contribution in [0.25, 0.3) is 10.6 Å². The first-order chi connectivity index (χ1) is 6.70. The van der Waals surface area contributed by atoms with Gasteiger partial charge in [0.2, 0.25) is 0 Å². The van der Waals surface area contributed by atoms with Crippen LogP contribution in [0.4, 0.5) is 0 Å². The Kier molecular flexibility index (Phi) is 2.17. The third kappa shape index (κ3) is 1.35. The van der Waals surface area contributed by atoms with Crippen molar-refractivity contribution in [3.63, 3.8) is 0 Å². The quantitative estimate of drug-likeness (QED) is 0.771. The van der Waals surface area contributed by atoms with E-state index in [1.54, 1.807) is 13.1 Å². The van der Waals surface area contributed by atoms with Gasteiger partial charge in [0.1, 0.15) is 5.69 Å². The Hall–Kier alpha value is -1.49. The summed E-state index contributed by atoms with van der Waals surface area (Å²) in [5.41, 5.74) is 2.31. The number of nitrogens with one attached hydrogen (secondary N) is 1. The van der Waals surface area contributed by atoms with E-state index in [0.717, 1.165) is 16.1 Å². The summed E-state index contributed by atoms with van der Waals surface area (Å²) in [6.45, 7) is 3.69. The first kappa shape index (κ1) is 9.08. The molecular weight excluding hydrogens is 198 g/mol. The number of hydrogen-bond acceptors (Lipinski definition) is 4. The Morgan fingerprint density at radius 3 is 2.79 bits per heavy atom. The van der Waals surface area contributed by atoms with E-state index in [0.29, 0.717) is 5.56 Å². The Labute approximate surface area is 84.8 Å². The molecule has 4 nitrogen and oxygen atoms in total. The lowest BCUT2D eigenvalue weighted by Gasteiger charge is -2.02. The molecule has 0 aliphatic rings. The minimum Gasteiger partial charge on any atom is -0.268 e. The van der Waals surface area contributed by atoms with Crippen LogP contribution in [-0.2, 0) is 0 Å². The second-order valence-electron chi connectivity index (χ2n) is 3.03. The summed E-state index contributed by atoms with van der Waals surface area (Å²) in [7, 11) is 0. The van der Waals surface area contributed by atoms with Crippen molar-refractivity contribution in [3.8, 4) is 10.6 Å². The summed E-state index contributed by atoms with van der Waals surface area (Å²) in [4.78, 5) is 12.2. The van der Waals surface area contributed by atoms with E-state index in [-0.39, 0.29) is 5.56 Å². The van der Waals surface area contributed by atoms with Gasteiger partial charge in [0, 0.05) is 11.8 Å². The molecule has 0 bridgehead atoms. The van der Waals surface area contributed by atoms with Crippen LogP contribution in [-0.4, -0.2) is 14.6 Å². The van der Waals surface area contributed by atoms with E-state index in [2.05, 4.69) is 14.6 Å². The third-order valence-corrected chi connectivity index (χ3v) is 2.95. The van der Waals surface area contributed by atoms with Crippen LogP contribution < -0.4 is 5.56 Å². The lowest BCUT2D eigenvalue weighted by atomic mass is 10.1. The first-order valence-corrected chi connectivity index (χ1v) is 4.94. The molecule has 0 saturated heterocycles. The highest BCUT2D eigenvalue weighted by molar-refractivity contribution is 7.09. The van der Waals surface area contributed by atoms with Gasteiger partial charge in [0.25, 0.3) is 5.56 Å². The van der Waals surface area contributed by atoms with Crippen molar-refractivity contribution < 1.29 is 0 Å². The zero-order chi connectivity index (χ0) is 10.1. The van der Waals surface area contributed by atoms with E-state index in [4.69, 9.17) is 0 Å². The summed E-state index contributed by atoms with van der Waals surface area (Å²) in [5.74, 6) is 0. The smallest absolute Gasteiger partial charge is 0.267 e. The van der Waals surface area contributed by atoms with Crippen LogP contribution in [0.1, 0.15) is 11.1 Å². The number of nitrogens with zero attached hydrogens (tertiary/aromatic N) is 2. The van der Waals surface area contributed by atoms with Gasteiger partial charge in [-0.15, -0.1) is 0 Å². The molecule has 5 heteroatoms. The van der Waals surface area contributed by atoms with E-state index in [1.807, 2.05) is 13.0 Å². The Morgan fingerprint density at radius 1 is 1.36 bits per heavy atom. The molecule has 0 radical (unpaired) electrons. The predicted molar refractivity (Wildman–Crippen MR) is 55.4 cm³/mol. The van der Waals surface area contributed by atoms with E-state index >= 15 is 0 Å². The lowest BCUT2D eigenvalue weighted by Crippen LogP contribution is -2.13. The van der Waals surface area contributed by atoms with E-state index in [1.165, 1.54) is 11.5 Å². The molecule has 1 N–H and O–H groups in total. The summed E-state index contributed by atoms with van der Waals surface area (Å²) >= 11 is 1.37. The lowest BCUT2D eigenvalue weighted by molar-refractivity contribution is 0.961. The van der Waals surface area contributed by atoms with Crippen LogP contribution in [0.2, 0.25) is 0 Å². The minimum atomic E-state index is -0.129. The van der Waals surface area contributed by atoms with Gasteiger partial charge >= 0.3 is 0 Å². The maximum atomic E-state index is 11.2. The molecule has 2 aromatic heterocycles. The normalized spacial score (nSPS) is 10.4. The van der Waals surface area contributed by atoms with Crippen molar-refractivity contribution in [1.29, 1.82) is 0 Å². The standard InChI is InChI=1S/C9H9N3OS/c1-5-6(2)9(13)12-11-8(5)7-3-4-10-14-7/h3-4H,1-2H3,(H,12,13). The number of H-pyrrole nitrogens is 1. The molecule has 0 aromatic carbocycles. The fraction of sp³-hybridized carbons (Fsp3) is 0.222. The van der Waals surface area contributed by atoms with Crippen molar-refractivity contribution >= 4 is 11.5 Å². The average molecular weight is 207 g/mol. The summed E-state index contributed by atoms with van der Waals surface area (Å²) in [6.07, 6.45) is 1.72. The SMILES string of the molecule is Cc1c(-c2ccns2)n[nH]c(=O)c1C. The van der Waals surface area contributed by atoms with Crippen LogP contribution in [0, 0.1) is 13.8 Å². The number of aromatic amines is 1. The van der Waals surface area contributed by atoms with Crippen LogP contribution in [0.3, 0.4) is 0 Å². The molecule has 0 fully saturated rings. The summed E-state index contributed by atoms with van der Waals surface area (Å²) in [5, 5.41) is 6.48. The molecule has 0 aliphatic carbocycles. The summed E-state index contributed by atoms with van der Waals surface area (Å²) in [6, 6.07) is 1.89. The Bertz CT molecular complexity index is 501. The molecule has 72 valence electrons. The maximum absolute atomic E-state index is 11.2. The topological polar surface area (TPSA) is 58.6 Å². The summed E-state index contributed by atoms with van der Waals surface area (Å²) < 4.78 is 4.00. The van der Waals surface area contributed by atoms with Gasteiger partial charge in [-0.25, -0.2) is 9.47 Å². The molecule has 0 spiro atoms. The Balaban J connectivity index is 2.67. The molecule has 0 unspecified atom stereocenters. The second-order valence-corrected chi connectivity index (χ2v) is 3.86. The fourth-order valence-electron chi connectivity index (χ4n) is 1.20. The van der Waals surface area contributed by atoms with Crippen molar-refractivity contribution in [3.05, 3.63) is 33.7 Å². The average Bonchev–Trinajstić information content (AvgIpc) is 2.67. The molecule has 0 atom stereocenters. The second kappa shape index (κ2) is 3.34. The van der Waals surface area contributed by atoms with Crippen molar-refractivity contribution in [2.45, 2.75) is 13.8 Å². The van der Waals surface area contributed by atoms with Crippen LogP contribution >= 0.6 is 11.5 Å². The first-order valence-electron chi connectivity index (χ1n) is 4.17. The minimum absolute atomic E-state index is 0.129. The molecule has 14 heavy (non-hydrogen) atoms. The maximum Gasteiger partial charge on any atom is 0.267 e. The van der Waals surface area contributed by atoms with Gasteiger partial charge in [0.05, 0.1) is 4.88 Å². The molecule has 0 amide bonds. The predicted octanol–water partition coefficient (Wildman–Crippen LogP) is 1.51. The van der Waals surface area contributed by atoms with Gasteiger partial charge in [-0.2, -0.15) is 5.10 Å². The monoisotopic (exact) mass is 207 g/mol. The highest BCUT2D eigenvalue weighted by Crippen LogP contribution is 2.23.